The van der Waals surface area contributed by atoms with Gasteiger partial charge in [-0.05, 0) is 12.1 Å². The zero-order valence-corrected chi connectivity index (χ0v) is 9.46. The number of hydrogen-bond donors (Lipinski definition) is 0. The molecule has 1 aromatic carbocycles. The van der Waals surface area contributed by atoms with Crippen LogP contribution in [0.25, 0.3) is 0 Å². The summed E-state index contributed by atoms with van der Waals surface area (Å²) < 4.78 is 68.6. The van der Waals surface area contributed by atoms with Crippen LogP contribution in [0.1, 0.15) is 10.4 Å². The lowest BCUT2D eigenvalue weighted by molar-refractivity contribution is 0.0725. The van der Waals surface area contributed by atoms with Crippen molar-refractivity contribution in [1.82, 2.24) is 4.98 Å². The van der Waals surface area contributed by atoms with Crippen LogP contribution < -0.4 is 4.74 Å². The maximum absolute atomic E-state index is 13.2. The number of ether oxygens (including phenoxy) is 1. The van der Waals surface area contributed by atoms with Crippen LogP contribution in [-0.4, -0.2) is 11.0 Å². The molecule has 0 fully saturated rings. The minimum absolute atomic E-state index is 0.183. The smallest absolute Gasteiger partial charge is 0.345 e. The summed E-state index contributed by atoms with van der Waals surface area (Å²) in [7, 11) is 0. The molecular weight excluding hydrogens is 284 g/mol. The van der Waals surface area contributed by atoms with Crippen molar-refractivity contribution in [2.75, 3.05) is 0 Å². The Morgan fingerprint density at radius 3 is 2.30 bits per heavy atom. The summed E-state index contributed by atoms with van der Waals surface area (Å²) in [6.45, 7) is 0. The first-order valence-corrected chi connectivity index (χ1v) is 5.07. The number of benzene rings is 1. The molecule has 0 unspecified atom stereocenters. The average Bonchev–Trinajstić information content (AvgIpc) is 2.43. The molecule has 0 aliphatic rings. The summed E-state index contributed by atoms with van der Waals surface area (Å²) in [5.74, 6) is -10.9. The quantitative estimate of drug-likeness (QED) is 0.213. The molecule has 8 heteroatoms. The van der Waals surface area contributed by atoms with Gasteiger partial charge >= 0.3 is 5.97 Å². The summed E-state index contributed by atoms with van der Waals surface area (Å²) in [6, 6.07) is 1.99. The third-order valence-corrected chi connectivity index (χ3v) is 2.23. The van der Waals surface area contributed by atoms with Gasteiger partial charge in [-0.25, -0.2) is 22.9 Å². The Morgan fingerprint density at radius 2 is 1.70 bits per heavy atom. The van der Waals surface area contributed by atoms with Gasteiger partial charge in [-0.3, -0.25) is 0 Å². The molecule has 0 aliphatic carbocycles. The third kappa shape index (κ3) is 2.58. The van der Waals surface area contributed by atoms with Crippen LogP contribution in [0.5, 0.6) is 5.75 Å². The van der Waals surface area contributed by atoms with E-state index in [1.54, 1.807) is 0 Å². The van der Waals surface area contributed by atoms with E-state index in [0.29, 0.717) is 0 Å². The monoisotopic (exact) mass is 288 g/mol. The molecular formula is C12H4F5NO2. The second-order valence-corrected chi connectivity index (χ2v) is 3.56. The van der Waals surface area contributed by atoms with Gasteiger partial charge in [-0.15, -0.1) is 0 Å². The summed E-state index contributed by atoms with van der Waals surface area (Å²) in [5.41, 5.74) is -0.282. The van der Waals surface area contributed by atoms with Gasteiger partial charge in [-0.2, -0.15) is 8.78 Å². The zero-order chi connectivity index (χ0) is 14.9. The highest BCUT2D eigenvalue weighted by Gasteiger charge is 2.22. The van der Waals surface area contributed by atoms with Gasteiger partial charge < -0.3 is 4.74 Å². The number of carbonyl (C=O) groups is 1. The minimum Gasteiger partial charge on any atom is -0.420 e. The van der Waals surface area contributed by atoms with Crippen LogP contribution in [0.4, 0.5) is 22.0 Å². The lowest BCUT2D eigenvalue weighted by Crippen LogP contribution is -2.11. The Bertz CT molecular complexity index is 673. The number of nitrogens with zero attached hydrogens (tertiary/aromatic N) is 1. The summed E-state index contributed by atoms with van der Waals surface area (Å²) in [6.07, 6.45) is 0.784. The fourth-order valence-electron chi connectivity index (χ4n) is 1.28. The molecule has 0 saturated heterocycles. The van der Waals surface area contributed by atoms with Crippen LogP contribution in [0, 0.1) is 29.2 Å². The van der Waals surface area contributed by atoms with Gasteiger partial charge in [0.1, 0.15) is 0 Å². The maximum Gasteiger partial charge on any atom is 0.345 e. The second-order valence-electron chi connectivity index (χ2n) is 3.56. The maximum atomic E-state index is 13.2. The minimum atomic E-state index is -2.11. The highest BCUT2D eigenvalue weighted by Crippen LogP contribution is 2.25. The molecule has 0 atom stereocenters. The van der Waals surface area contributed by atoms with E-state index in [0.717, 1.165) is 18.3 Å². The number of aromatic nitrogens is 1. The molecule has 2 aromatic rings. The predicted molar refractivity (Wildman–Crippen MR) is 55.4 cm³/mol. The van der Waals surface area contributed by atoms with Gasteiger partial charge in [0.15, 0.2) is 17.4 Å². The molecule has 20 heavy (non-hydrogen) atoms. The van der Waals surface area contributed by atoms with Crippen molar-refractivity contribution in [3.05, 3.63) is 59.2 Å². The van der Waals surface area contributed by atoms with Gasteiger partial charge in [-0.1, -0.05) is 0 Å². The van der Waals surface area contributed by atoms with E-state index in [4.69, 9.17) is 0 Å². The highest BCUT2D eigenvalue weighted by molar-refractivity contribution is 5.90. The van der Waals surface area contributed by atoms with Gasteiger partial charge in [0.2, 0.25) is 17.6 Å². The highest BCUT2D eigenvalue weighted by atomic mass is 19.2. The van der Waals surface area contributed by atoms with E-state index in [-0.39, 0.29) is 11.6 Å². The predicted octanol–water partition coefficient (Wildman–Crippen LogP) is 3.00. The summed E-state index contributed by atoms with van der Waals surface area (Å²) >= 11 is 0. The standard InChI is InChI=1S/C12H4F5NO2/c13-6-3-7(10(16)11(17)9(6)15)20-12(19)5-1-2-8(14)18-4-5/h1-4H/i14-1. The van der Waals surface area contributed by atoms with Crippen LogP contribution >= 0.6 is 0 Å². The number of rotatable bonds is 2. The van der Waals surface area contributed by atoms with Gasteiger partial charge in [0.05, 0.1) is 5.56 Å². The second kappa shape index (κ2) is 5.24. The molecule has 1 heterocycles. The zero-order valence-electron chi connectivity index (χ0n) is 9.46. The lowest BCUT2D eigenvalue weighted by Gasteiger charge is -2.06. The normalized spacial score (nSPS) is 10.4. The molecule has 0 amide bonds. The summed E-state index contributed by atoms with van der Waals surface area (Å²) in [4.78, 5) is 14.6. The van der Waals surface area contributed by atoms with E-state index in [1.807, 2.05) is 0 Å². The van der Waals surface area contributed by atoms with E-state index in [2.05, 4.69) is 9.72 Å². The van der Waals surface area contributed by atoms with Crippen LogP contribution in [0.3, 0.4) is 0 Å². The molecule has 0 radical (unpaired) electrons. The molecule has 3 nitrogen and oxygen atoms in total. The fourth-order valence-corrected chi connectivity index (χ4v) is 1.28. The lowest BCUT2D eigenvalue weighted by atomic mass is 10.2. The molecule has 0 aliphatic heterocycles. The number of hydrogen-bond acceptors (Lipinski definition) is 3. The van der Waals surface area contributed by atoms with Crippen LogP contribution in [0.15, 0.2) is 24.4 Å². The average molecular weight is 288 g/mol. The van der Waals surface area contributed by atoms with Crippen molar-refractivity contribution in [3.8, 4) is 5.75 Å². The van der Waals surface area contributed by atoms with E-state index in [9.17, 15) is 26.7 Å². The van der Waals surface area contributed by atoms with Gasteiger partial charge in [0, 0.05) is 12.3 Å². The van der Waals surface area contributed by atoms with E-state index < -0.39 is 40.9 Å². The van der Waals surface area contributed by atoms with E-state index in [1.165, 1.54) is 0 Å². The van der Waals surface area contributed by atoms with Crippen molar-refractivity contribution in [1.29, 1.82) is 0 Å². The van der Waals surface area contributed by atoms with Crippen LogP contribution in [-0.2, 0) is 0 Å². The Hall–Kier alpha value is -2.51. The van der Waals surface area contributed by atoms with E-state index >= 15 is 0 Å². The molecule has 2 rings (SSSR count). The third-order valence-electron chi connectivity index (χ3n) is 2.23. The van der Waals surface area contributed by atoms with Gasteiger partial charge in [0.25, 0.3) is 0 Å². The molecule has 0 bridgehead atoms. The Kier molecular flexibility index (Phi) is 3.64. The Labute approximate surface area is 108 Å². The number of esters is 1. The van der Waals surface area contributed by atoms with Crippen molar-refractivity contribution in [2.45, 2.75) is 0 Å². The van der Waals surface area contributed by atoms with Crippen LogP contribution in [0.2, 0.25) is 0 Å². The molecule has 0 saturated carbocycles. The molecule has 0 spiro atoms. The molecule has 104 valence electrons. The molecule has 0 N–H and O–H groups in total. The van der Waals surface area contributed by atoms with Crippen molar-refractivity contribution in [3.63, 3.8) is 0 Å². The number of pyridine rings is 1. The Morgan fingerprint density at radius 1 is 1.00 bits per heavy atom. The van der Waals surface area contributed by atoms with Crippen molar-refractivity contribution < 1.29 is 31.5 Å². The Balaban J connectivity index is 2.31. The topological polar surface area (TPSA) is 39.2 Å². The first kappa shape index (κ1) is 13.9. The largest absolute Gasteiger partial charge is 0.420 e. The number of halogens is 5. The first-order chi connectivity index (χ1) is 9.40. The SMILES string of the molecule is O=C(Oc1cc(F)c(F)c(F)c1F)c1ccc([18F])nc1. The molecule has 1 aromatic heterocycles. The fraction of sp³-hybridized carbons (Fsp3) is 0. The number of carbonyl (C=O) groups excluding carboxylic acids is 1. The first-order valence-electron chi connectivity index (χ1n) is 5.07. The summed E-state index contributed by atoms with van der Waals surface area (Å²) in [5, 5.41) is 0. The van der Waals surface area contributed by atoms with Crippen molar-refractivity contribution >= 4 is 5.97 Å². The van der Waals surface area contributed by atoms with Crippen molar-refractivity contribution in [2.24, 2.45) is 0 Å².